The van der Waals surface area contributed by atoms with Crippen LogP contribution in [0.25, 0.3) is 0 Å². The van der Waals surface area contributed by atoms with Gasteiger partial charge in [0.05, 0.1) is 6.61 Å². The third-order valence-electron chi connectivity index (χ3n) is 4.41. The molecule has 1 aliphatic rings. The first-order valence-electron chi connectivity index (χ1n) is 7.44. The summed E-state index contributed by atoms with van der Waals surface area (Å²) < 4.78 is 5.02. The molecule has 0 heterocycles. The van der Waals surface area contributed by atoms with E-state index in [2.05, 4.69) is 31.1 Å². The molecule has 0 aromatic heterocycles. The molecule has 3 heteroatoms. The van der Waals surface area contributed by atoms with E-state index in [1.54, 1.807) is 7.11 Å². The fourth-order valence-corrected chi connectivity index (χ4v) is 2.94. The molecule has 0 aliphatic heterocycles. The molecule has 1 aliphatic carbocycles. The molecule has 0 bridgehead atoms. The van der Waals surface area contributed by atoms with Crippen molar-refractivity contribution in [2.75, 3.05) is 46.9 Å². The van der Waals surface area contributed by atoms with Gasteiger partial charge in [0.2, 0.25) is 0 Å². The second kappa shape index (κ2) is 8.13. The standard InChI is InChI=1S/C15H32N2O/c1-15(2)8-6-5-7-14(15)13-17(3)11-9-16-10-12-18-4/h14,16H,5-13H2,1-4H3. The molecular formula is C15H32N2O. The van der Waals surface area contributed by atoms with Crippen LogP contribution in [0.1, 0.15) is 39.5 Å². The molecule has 1 saturated carbocycles. The monoisotopic (exact) mass is 256 g/mol. The zero-order valence-electron chi connectivity index (χ0n) is 12.8. The Balaban J connectivity index is 2.16. The van der Waals surface area contributed by atoms with Crippen LogP contribution >= 0.6 is 0 Å². The van der Waals surface area contributed by atoms with Crippen molar-refractivity contribution in [3.8, 4) is 0 Å². The highest BCUT2D eigenvalue weighted by molar-refractivity contribution is 4.84. The van der Waals surface area contributed by atoms with E-state index in [4.69, 9.17) is 4.74 Å². The number of methoxy groups -OCH3 is 1. The molecule has 0 spiro atoms. The number of likely N-dealkylation sites (N-methyl/N-ethyl adjacent to an activating group) is 1. The first-order valence-corrected chi connectivity index (χ1v) is 7.44. The van der Waals surface area contributed by atoms with Crippen molar-refractivity contribution < 1.29 is 4.74 Å². The summed E-state index contributed by atoms with van der Waals surface area (Å²) in [5.41, 5.74) is 0.538. The Hall–Kier alpha value is -0.120. The lowest BCUT2D eigenvalue weighted by Gasteiger charge is -2.40. The van der Waals surface area contributed by atoms with Gasteiger partial charge in [-0.1, -0.05) is 26.7 Å². The molecule has 108 valence electrons. The van der Waals surface area contributed by atoms with Crippen molar-refractivity contribution in [2.24, 2.45) is 11.3 Å². The number of nitrogens with zero attached hydrogens (tertiary/aromatic N) is 1. The fourth-order valence-electron chi connectivity index (χ4n) is 2.94. The summed E-state index contributed by atoms with van der Waals surface area (Å²) >= 11 is 0. The molecule has 0 radical (unpaired) electrons. The second-order valence-corrected chi connectivity index (χ2v) is 6.44. The van der Waals surface area contributed by atoms with Gasteiger partial charge in [-0.2, -0.15) is 0 Å². The van der Waals surface area contributed by atoms with E-state index in [1.807, 2.05) is 0 Å². The number of hydrogen-bond acceptors (Lipinski definition) is 3. The maximum atomic E-state index is 5.02. The molecule has 1 unspecified atom stereocenters. The summed E-state index contributed by atoms with van der Waals surface area (Å²) in [4.78, 5) is 2.48. The van der Waals surface area contributed by atoms with Crippen molar-refractivity contribution in [3.05, 3.63) is 0 Å². The third kappa shape index (κ3) is 5.68. The van der Waals surface area contributed by atoms with Crippen LogP contribution < -0.4 is 5.32 Å². The van der Waals surface area contributed by atoms with Crippen molar-refractivity contribution in [3.63, 3.8) is 0 Å². The Morgan fingerprint density at radius 1 is 1.28 bits per heavy atom. The Morgan fingerprint density at radius 2 is 2.06 bits per heavy atom. The maximum Gasteiger partial charge on any atom is 0.0587 e. The predicted molar refractivity (Wildman–Crippen MR) is 78.0 cm³/mol. The predicted octanol–water partition coefficient (Wildman–Crippen LogP) is 2.37. The zero-order chi connectivity index (χ0) is 13.4. The zero-order valence-corrected chi connectivity index (χ0v) is 12.8. The van der Waals surface area contributed by atoms with Crippen LogP contribution in [0.5, 0.6) is 0 Å². The molecular weight excluding hydrogens is 224 g/mol. The second-order valence-electron chi connectivity index (χ2n) is 6.44. The highest BCUT2D eigenvalue weighted by Gasteiger charge is 2.32. The van der Waals surface area contributed by atoms with Crippen LogP contribution in [0.3, 0.4) is 0 Å². The molecule has 0 aromatic rings. The summed E-state index contributed by atoms with van der Waals surface area (Å²) in [6, 6.07) is 0. The van der Waals surface area contributed by atoms with Gasteiger partial charge in [-0.25, -0.2) is 0 Å². The van der Waals surface area contributed by atoms with E-state index in [1.165, 1.54) is 32.2 Å². The maximum absolute atomic E-state index is 5.02. The van der Waals surface area contributed by atoms with Gasteiger partial charge in [0, 0.05) is 33.3 Å². The largest absolute Gasteiger partial charge is 0.383 e. The van der Waals surface area contributed by atoms with Crippen molar-refractivity contribution in [1.29, 1.82) is 0 Å². The minimum atomic E-state index is 0.538. The van der Waals surface area contributed by atoms with E-state index < -0.39 is 0 Å². The van der Waals surface area contributed by atoms with E-state index in [0.717, 1.165) is 32.2 Å². The Labute approximate surface area is 113 Å². The third-order valence-corrected chi connectivity index (χ3v) is 4.41. The summed E-state index contributed by atoms with van der Waals surface area (Å²) in [7, 11) is 4.00. The summed E-state index contributed by atoms with van der Waals surface area (Å²) in [5, 5.41) is 3.41. The van der Waals surface area contributed by atoms with E-state index in [-0.39, 0.29) is 0 Å². The number of hydrogen-bond donors (Lipinski definition) is 1. The lowest BCUT2D eigenvalue weighted by molar-refractivity contribution is 0.0996. The van der Waals surface area contributed by atoms with Gasteiger partial charge in [-0.05, 0) is 31.2 Å². The van der Waals surface area contributed by atoms with E-state index >= 15 is 0 Å². The minimum absolute atomic E-state index is 0.538. The van der Waals surface area contributed by atoms with Gasteiger partial charge in [0.15, 0.2) is 0 Å². The highest BCUT2D eigenvalue weighted by Crippen LogP contribution is 2.40. The molecule has 1 N–H and O–H groups in total. The number of ether oxygens (including phenoxy) is 1. The van der Waals surface area contributed by atoms with Gasteiger partial charge in [-0.3, -0.25) is 0 Å². The Kier molecular flexibility index (Phi) is 7.20. The van der Waals surface area contributed by atoms with Crippen LogP contribution in [0, 0.1) is 11.3 Å². The molecule has 0 amide bonds. The minimum Gasteiger partial charge on any atom is -0.383 e. The van der Waals surface area contributed by atoms with Crippen LogP contribution in [-0.4, -0.2) is 51.8 Å². The van der Waals surface area contributed by atoms with Crippen molar-refractivity contribution >= 4 is 0 Å². The highest BCUT2D eigenvalue weighted by atomic mass is 16.5. The van der Waals surface area contributed by atoms with Gasteiger partial charge < -0.3 is 15.0 Å². The van der Waals surface area contributed by atoms with Gasteiger partial charge in [0.25, 0.3) is 0 Å². The smallest absolute Gasteiger partial charge is 0.0587 e. The number of nitrogens with one attached hydrogen (secondary N) is 1. The number of rotatable bonds is 8. The molecule has 18 heavy (non-hydrogen) atoms. The van der Waals surface area contributed by atoms with Crippen LogP contribution in [0.4, 0.5) is 0 Å². The summed E-state index contributed by atoms with van der Waals surface area (Å²) in [6.45, 7) is 10.1. The van der Waals surface area contributed by atoms with Crippen molar-refractivity contribution in [2.45, 2.75) is 39.5 Å². The summed E-state index contributed by atoms with van der Waals surface area (Å²) in [5.74, 6) is 0.871. The lowest BCUT2D eigenvalue weighted by atomic mass is 9.69. The van der Waals surface area contributed by atoms with E-state index in [9.17, 15) is 0 Å². The Bertz CT molecular complexity index is 219. The average Bonchev–Trinajstić information content (AvgIpc) is 2.31. The molecule has 1 rings (SSSR count). The van der Waals surface area contributed by atoms with E-state index in [0.29, 0.717) is 5.41 Å². The van der Waals surface area contributed by atoms with Crippen LogP contribution in [0.15, 0.2) is 0 Å². The summed E-state index contributed by atoms with van der Waals surface area (Å²) in [6.07, 6.45) is 5.66. The first kappa shape index (κ1) is 15.9. The molecule has 1 fully saturated rings. The molecule has 0 aromatic carbocycles. The topological polar surface area (TPSA) is 24.5 Å². The fraction of sp³-hybridized carbons (Fsp3) is 1.00. The van der Waals surface area contributed by atoms with Gasteiger partial charge >= 0.3 is 0 Å². The molecule has 0 saturated heterocycles. The quantitative estimate of drug-likeness (QED) is 0.675. The SMILES string of the molecule is COCCNCCN(C)CC1CCCCC1(C)C. The van der Waals surface area contributed by atoms with Crippen molar-refractivity contribution in [1.82, 2.24) is 10.2 Å². The van der Waals surface area contributed by atoms with Gasteiger partial charge in [-0.15, -0.1) is 0 Å². The lowest BCUT2D eigenvalue weighted by Crippen LogP contribution is -2.39. The Morgan fingerprint density at radius 3 is 2.72 bits per heavy atom. The average molecular weight is 256 g/mol. The molecule has 3 nitrogen and oxygen atoms in total. The molecule has 1 atom stereocenters. The van der Waals surface area contributed by atoms with Gasteiger partial charge in [0.1, 0.15) is 0 Å². The normalized spacial score (nSPS) is 23.5. The van der Waals surface area contributed by atoms with Crippen LogP contribution in [0.2, 0.25) is 0 Å². The van der Waals surface area contributed by atoms with Crippen LogP contribution in [-0.2, 0) is 4.74 Å². The first-order chi connectivity index (χ1) is 8.56.